The van der Waals surface area contributed by atoms with Gasteiger partial charge >= 0.3 is 0 Å². The molecule has 0 N–H and O–H groups in total. The predicted octanol–water partition coefficient (Wildman–Crippen LogP) is 5.04. The first-order valence-corrected chi connectivity index (χ1v) is 6.97. The van der Waals surface area contributed by atoms with E-state index in [1.54, 1.807) is 12.1 Å². The van der Waals surface area contributed by atoms with E-state index in [2.05, 4.69) is 33.0 Å². The van der Waals surface area contributed by atoms with E-state index in [9.17, 15) is 0 Å². The first kappa shape index (κ1) is 11.8. The number of oxazole rings is 1. The van der Waals surface area contributed by atoms with Crippen molar-refractivity contribution in [3.05, 3.63) is 53.1 Å². The van der Waals surface area contributed by atoms with Crippen LogP contribution < -0.4 is 0 Å². The Labute approximate surface area is 118 Å². The van der Waals surface area contributed by atoms with Crippen molar-refractivity contribution >= 4 is 38.6 Å². The van der Waals surface area contributed by atoms with Gasteiger partial charge in [0.05, 0.1) is 0 Å². The maximum atomic E-state index is 5.93. The molecule has 4 heteroatoms. The van der Waals surface area contributed by atoms with Crippen LogP contribution >= 0.6 is 27.5 Å². The van der Waals surface area contributed by atoms with Crippen LogP contribution in [0.4, 0.5) is 0 Å². The summed E-state index contributed by atoms with van der Waals surface area (Å²) in [7, 11) is 0. The third-order valence-corrected chi connectivity index (χ3v) is 3.56. The number of fused-ring (bicyclic) bond motifs is 1. The Hall–Kier alpha value is -1.32. The molecule has 0 amide bonds. The van der Waals surface area contributed by atoms with E-state index in [0.29, 0.717) is 10.9 Å². The smallest absolute Gasteiger partial charge is 0.227 e. The van der Waals surface area contributed by atoms with Gasteiger partial charge in [-0.2, -0.15) is 0 Å². The minimum atomic E-state index is 0.620. The van der Waals surface area contributed by atoms with Crippen molar-refractivity contribution in [1.29, 1.82) is 0 Å². The van der Waals surface area contributed by atoms with E-state index in [-0.39, 0.29) is 0 Å². The van der Waals surface area contributed by atoms with E-state index < -0.39 is 0 Å². The van der Waals surface area contributed by atoms with Gasteiger partial charge in [-0.25, -0.2) is 4.98 Å². The molecular formula is C14H9BrClNO. The monoisotopic (exact) mass is 321 g/mol. The van der Waals surface area contributed by atoms with Gasteiger partial charge in [0.2, 0.25) is 5.89 Å². The van der Waals surface area contributed by atoms with E-state index in [1.807, 2.05) is 18.2 Å². The molecule has 0 aliphatic heterocycles. The topological polar surface area (TPSA) is 26.0 Å². The fraction of sp³-hybridized carbons (Fsp3) is 0.0714. The third kappa shape index (κ3) is 2.16. The highest BCUT2D eigenvalue weighted by atomic mass is 79.9. The Balaban J connectivity index is 2.13. The molecule has 0 fully saturated rings. The van der Waals surface area contributed by atoms with Crippen molar-refractivity contribution in [3.8, 4) is 11.5 Å². The lowest BCUT2D eigenvalue weighted by atomic mass is 10.1. The molecule has 0 aliphatic carbocycles. The Bertz CT molecular complexity index is 708. The summed E-state index contributed by atoms with van der Waals surface area (Å²) < 4.78 is 5.72. The molecule has 3 rings (SSSR count). The van der Waals surface area contributed by atoms with Crippen LogP contribution in [-0.4, -0.2) is 4.98 Å². The maximum absolute atomic E-state index is 5.93. The van der Waals surface area contributed by atoms with Crippen LogP contribution in [0.15, 0.2) is 46.9 Å². The zero-order valence-electron chi connectivity index (χ0n) is 9.36. The molecule has 0 radical (unpaired) electrons. The molecule has 0 bridgehead atoms. The zero-order valence-corrected chi connectivity index (χ0v) is 11.7. The molecule has 3 aromatic rings. The van der Waals surface area contributed by atoms with Crippen LogP contribution in [0.5, 0.6) is 0 Å². The minimum Gasteiger partial charge on any atom is -0.436 e. The van der Waals surface area contributed by atoms with Crippen molar-refractivity contribution < 1.29 is 4.42 Å². The third-order valence-electron chi connectivity index (χ3n) is 2.68. The van der Waals surface area contributed by atoms with Gasteiger partial charge in [-0.1, -0.05) is 39.7 Å². The summed E-state index contributed by atoms with van der Waals surface area (Å²) >= 11 is 9.37. The van der Waals surface area contributed by atoms with Gasteiger partial charge in [-0.05, 0) is 35.9 Å². The molecule has 0 atom stereocenters. The van der Waals surface area contributed by atoms with Gasteiger partial charge < -0.3 is 4.42 Å². The molecule has 0 aliphatic rings. The summed E-state index contributed by atoms with van der Waals surface area (Å²) in [4.78, 5) is 4.45. The van der Waals surface area contributed by atoms with Gasteiger partial charge in [-0.15, -0.1) is 0 Å². The van der Waals surface area contributed by atoms with Crippen LogP contribution in [0.3, 0.4) is 0 Å². The lowest BCUT2D eigenvalue weighted by Gasteiger charge is -1.98. The highest BCUT2D eigenvalue weighted by Gasteiger charge is 2.08. The van der Waals surface area contributed by atoms with Crippen LogP contribution in [0.25, 0.3) is 22.6 Å². The number of hydrogen-bond acceptors (Lipinski definition) is 2. The first-order valence-electron chi connectivity index (χ1n) is 5.47. The number of aromatic nitrogens is 1. The van der Waals surface area contributed by atoms with Gasteiger partial charge in [0.1, 0.15) is 5.52 Å². The molecule has 1 heterocycles. The Kier molecular flexibility index (Phi) is 3.10. The van der Waals surface area contributed by atoms with Crippen molar-refractivity contribution in [1.82, 2.24) is 4.98 Å². The number of nitrogens with zero attached hydrogens (tertiary/aromatic N) is 1. The number of hydrogen-bond donors (Lipinski definition) is 0. The van der Waals surface area contributed by atoms with Crippen LogP contribution in [0.1, 0.15) is 5.56 Å². The summed E-state index contributed by atoms with van der Waals surface area (Å²) in [5, 5.41) is 1.48. The molecule has 0 spiro atoms. The molecule has 0 saturated heterocycles. The van der Waals surface area contributed by atoms with Gasteiger partial charge in [-0.3, -0.25) is 0 Å². The molecule has 90 valence electrons. The normalized spacial score (nSPS) is 11.0. The zero-order chi connectivity index (χ0) is 12.5. The standard InChI is InChI=1S/C14H9BrClNO/c15-8-9-2-1-3-10(6-9)14-17-12-7-11(16)4-5-13(12)18-14/h1-7H,8H2. The second-order valence-corrected chi connectivity index (χ2v) is 4.96. The molecule has 2 nitrogen and oxygen atoms in total. The number of alkyl halides is 1. The van der Waals surface area contributed by atoms with Gasteiger partial charge in [0.15, 0.2) is 5.58 Å². The van der Waals surface area contributed by atoms with E-state index in [0.717, 1.165) is 22.0 Å². The van der Waals surface area contributed by atoms with Crippen molar-refractivity contribution in [2.45, 2.75) is 5.33 Å². The summed E-state index contributed by atoms with van der Waals surface area (Å²) in [5.74, 6) is 0.620. The number of rotatable bonds is 2. The largest absolute Gasteiger partial charge is 0.436 e. The summed E-state index contributed by atoms with van der Waals surface area (Å²) in [6.07, 6.45) is 0. The maximum Gasteiger partial charge on any atom is 0.227 e. The van der Waals surface area contributed by atoms with Gasteiger partial charge in [0.25, 0.3) is 0 Å². The highest BCUT2D eigenvalue weighted by molar-refractivity contribution is 9.08. The second kappa shape index (κ2) is 4.75. The lowest BCUT2D eigenvalue weighted by Crippen LogP contribution is -1.80. The quantitative estimate of drug-likeness (QED) is 0.618. The Morgan fingerprint density at radius 2 is 2.06 bits per heavy atom. The molecular weight excluding hydrogens is 314 g/mol. The van der Waals surface area contributed by atoms with Crippen LogP contribution in [-0.2, 0) is 5.33 Å². The van der Waals surface area contributed by atoms with Crippen molar-refractivity contribution in [2.75, 3.05) is 0 Å². The molecule has 0 saturated carbocycles. The molecule has 0 unspecified atom stereocenters. The molecule has 1 aromatic heterocycles. The van der Waals surface area contributed by atoms with Crippen LogP contribution in [0, 0.1) is 0 Å². The second-order valence-electron chi connectivity index (χ2n) is 3.97. The Morgan fingerprint density at radius 1 is 1.17 bits per heavy atom. The molecule has 18 heavy (non-hydrogen) atoms. The highest BCUT2D eigenvalue weighted by Crippen LogP contribution is 2.26. The van der Waals surface area contributed by atoms with Crippen molar-refractivity contribution in [2.24, 2.45) is 0 Å². The lowest BCUT2D eigenvalue weighted by molar-refractivity contribution is 0.620. The average molecular weight is 323 g/mol. The average Bonchev–Trinajstić information content (AvgIpc) is 2.81. The van der Waals surface area contributed by atoms with E-state index >= 15 is 0 Å². The summed E-state index contributed by atoms with van der Waals surface area (Å²) in [6, 6.07) is 13.5. The fourth-order valence-electron chi connectivity index (χ4n) is 1.81. The molecule has 2 aromatic carbocycles. The van der Waals surface area contributed by atoms with Gasteiger partial charge in [0, 0.05) is 15.9 Å². The number of halogens is 2. The van der Waals surface area contributed by atoms with E-state index in [4.69, 9.17) is 16.0 Å². The number of benzene rings is 2. The van der Waals surface area contributed by atoms with Crippen LogP contribution in [0.2, 0.25) is 5.02 Å². The van der Waals surface area contributed by atoms with E-state index in [1.165, 1.54) is 5.56 Å². The SMILES string of the molecule is Clc1ccc2oc(-c3cccc(CBr)c3)nc2c1. The fourth-order valence-corrected chi connectivity index (χ4v) is 2.33. The summed E-state index contributed by atoms with van der Waals surface area (Å²) in [5.41, 5.74) is 3.69. The first-order chi connectivity index (χ1) is 8.76. The van der Waals surface area contributed by atoms with Crippen molar-refractivity contribution in [3.63, 3.8) is 0 Å². The summed E-state index contributed by atoms with van der Waals surface area (Å²) in [6.45, 7) is 0. The predicted molar refractivity (Wildman–Crippen MR) is 77.1 cm³/mol. The minimum absolute atomic E-state index is 0.620. The Morgan fingerprint density at radius 3 is 2.89 bits per heavy atom.